The van der Waals surface area contributed by atoms with Crippen LogP contribution in [-0.2, 0) is 6.42 Å². The van der Waals surface area contributed by atoms with Gasteiger partial charge in [-0.1, -0.05) is 50.8 Å². The van der Waals surface area contributed by atoms with Gasteiger partial charge in [0.15, 0.2) is 0 Å². The van der Waals surface area contributed by atoms with Gasteiger partial charge in [-0.25, -0.2) is 0 Å². The number of benzene rings is 1. The van der Waals surface area contributed by atoms with E-state index < -0.39 is 11.9 Å². The summed E-state index contributed by atoms with van der Waals surface area (Å²) in [5, 5.41) is 0. The van der Waals surface area contributed by atoms with E-state index in [0.717, 1.165) is 47.1 Å². The molecule has 1 unspecified atom stereocenters. The van der Waals surface area contributed by atoms with Gasteiger partial charge >= 0.3 is 0 Å². The van der Waals surface area contributed by atoms with Crippen molar-refractivity contribution >= 4 is 0 Å². The molecule has 0 spiro atoms. The Kier molecular flexibility index (Phi) is 8.42. The lowest BCUT2D eigenvalue weighted by Gasteiger charge is -2.14. The maximum atomic E-state index is 15.0. The van der Waals surface area contributed by atoms with Crippen LogP contribution in [0.1, 0.15) is 61.8 Å². The van der Waals surface area contributed by atoms with Crippen LogP contribution in [0.25, 0.3) is 33.6 Å². The predicted molar refractivity (Wildman–Crippen MR) is 147 cm³/mol. The summed E-state index contributed by atoms with van der Waals surface area (Å²) in [4.78, 5) is 12.4. The molecule has 1 aromatic carbocycles. The number of rotatable bonds is 9. The monoisotopic (exact) mass is 499 g/mol. The summed E-state index contributed by atoms with van der Waals surface area (Å²) in [6.07, 6.45) is 8.86. The highest BCUT2D eigenvalue weighted by Crippen LogP contribution is 2.33. The topological polar surface area (TPSA) is 38.7 Å². The van der Waals surface area contributed by atoms with E-state index in [2.05, 4.69) is 61.7 Å². The summed E-state index contributed by atoms with van der Waals surface area (Å²) in [5.41, 5.74) is 7.77. The minimum absolute atomic E-state index is 0.155. The first-order valence-electron chi connectivity index (χ1n) is 13.2. The van der Waals surface area contributed by atoms with Crippen LogP contribution in [-0.4, -0.2) is 15.0 Å². The van der Waals surface area contributed by atoms with Crippen molar-refractivity contribution in [3.8, 4) is 33.6 Å². The number of pyridine rings is 3. The minimum Gasteiger partial charge on any atom is -0.256 e. The molecule has 192 valence electrons. The number of aromatic nitrogens is 3. The van der Waals surface area contributed by atoms with Crippen LogP contribution >= 0.6 is 0 Å². The van der Waals surface area contributed by atoms with Crippen molar-refractivity contribution in [2.75, 3.05) is 0 Å². The second kappa shape index (κ2) is 11.7. The molecule has 4 rings (SSSR count). The van der Waals surface area contributed by atoms with E-state index in [0.29, 0.717) is 17.3 Å². The molecule has 0 N–H and O–H groups in total. The van der Waals surface area contributed by atoms with Crippen LogP contribution in [0.3, 0.4) is 0 Å². The van der Waals surface area contributed by atoms with E-state index in [4.69, 9.17) is 0 Å². The Morgan fingerprint density at radius 2 is 1.38 bits per heavy atom. The van der Waals surface area contributed by atoms with Gasteiger partial charge in [0.25, 0.3) is 0 Å². The van der Waals surface area contributed by atoms with E-state index in [1.54, 1.807) is 12.4 Å². The fourth-order valence-corrected chi connectivity index (χ4v) is 5.31. The van der Waals surface area contributed by atoms with Crippen LogP contribution in [0.5, 0.6) is 0 Å². The van der Waals surface area contributed by atoms with E-state index in [-0.39, 0.29) is 11.1 Å². The molecule has 0 bridgehead atoms. The molecule has 0 aliphatic rings. The second-order valence-corrected chi connectivity index (χ2v) is 10.0. The van der Waals surface area contributed by atoms with Crippen LogP contribution < -0.4 is 0 Å². The quantitative estimate of drug-likeness (QED) is 0.216. The first-order chi connectivity index (χ1) is 17.8. The van der Waals surface area contributed by atoms with Crippen LogP contribution in [0.15, 0.2) is 54.9 Å². The number of hydrogen-bond donors (Lipinski definition) is 0. The maximum absolute atomic E-state index is 15.0. The highest BCUT2D eigenvalue weighted by molar-refractivity contribution is 5.76. The zero-order valence-corrected chi connectivity index (χ0v) is 22.4. The standard InChI is InChI=1S/C32H35F2N3/c1-6-8-23(7-2)9-10-24-11-13-35-28(17-24)26-19-27(32(34)37-31(26)33)29-18-25(12-14-36-29)30-21(4)15-20(3)16-22(30)5/h11-19,23H,6-10H2,1-5H3. The minimum atomic E-state index is -0.884. The Labute approximate surface area is 219 Å². The summed E-state index contributed by atoms with van der Waals surface area (Å²) in [7, 11) is 0. The normalized spacial score (nSPS) is 12.1. The molecule has 5 heteroatoms. The second-order valence-electron chi connectivity index (χ2n) is 10.0. The van der Waals surface area contributed by atoms with Crippen molar-refractivity contribution in [3.05, 3.63) is 89.0 Å². The Morgan fingerprint density at radius 3 is 2.00 bits per heavy atom. The number of hydrogen-bond acceptors (Lipinski definition) is 3. The van der Waals surface area contributed by atoms with Crippen LogP contribution in [0.2, 0.25) is 0 Å². The van der Waals surface area contributed by atoms with Gasteiger partial charge in [0.05, 0.1) is 22.5 Å². The van der Waals surface area contributed by atoms with E-state index >= 15 is 0 Å². The average Bonchev–Trinajstić information content (AvgIpc) is 2.86. The number of nitrogens with zero attached hydrogens (tertiary/aromatic N) is 3. The SMILES string of the molecule is CCCC(CC)CCc1ccnc(-c2cc(-c3cc(-c4c(C)cc(C)cc4C)ccn3)c(F)nc2F)c1. The van der Waals surface area contributed by atoms with Gasteiger partial charge in [0.2, 0.25) is 11.9 Å². The first kappa shape index (κ1) is 26.6. The number of aryl methyl sites for hydroxylation is 4. The maximum Gasteiger partial charge on any atom is 0.225 e. The fraction of sp³-hybridized carbons (Fsp3) is 0.344. The van der Waals surface area contributed by atoms with Crippen molar-refractivity contribution in [3.63, 3.8) is 0 Å². The Hall–Kier alpha value is -3.47. The highest BCUT2D eigenvalue weighted by atomic mass is 19.1. The highest BCUT2D eigenvalue weighted by Gasteiger charge is 2.18. The molecule has 3 heterocycles. The number of halogens is 2. The third-order valence-electron chi connectivity index (χ3n) is 7.15. The molecule has 0 saturated carbocycles. The molecule has 0 aliphatic carbocycles. The molecule has 3 nitrogen and oxygen atoms in total. The third-order valence-corrected chi connectivity index (χ3v) is 7.15. The largest absolute Gasteiger partial charge is 0.256 e. The van der Waals surface area contributed by atoms with E-state index in [1.165, 1.54) is 24.5 Å². The molecule has 0 saturated heterocycles. The van der Waals surface area contributed by atoms with E-state index in [9.17, 15) is 8.78 Å². The van der Waals surface area contributed by atoms with Crippen molar-refractivity contribution < 1.29 is 8.78 Å². The Morgan fingerprint density at radius 1 is 0.757 bits per heavy atom. The van der Waals surface area contributed by atoms with Crippen molar-refractivity contribution in [2.24, 2.45) is 5.92 Å². The molecule has 4 aromatic rings. The molecule has 37 heavy (non-hydrogen) atoms. The Bertz CT molecular complexity index is 1370. The van der Waals surface area contributed by atoms with Gasteiger partial charge in [0.1, 0.15) is 0 Å². The van der Waals surface area contributed by atoms with Gasteiger partial charge in [0, 0.05) is 12.4 Å². The third kappa shape index (κ3) is 6.10. The van der Waals surface area contributed by atoms with Gasteiger partial charge in [-0.15, -0.1) is 0 Å². The molecular weight excluding hydrogens is 464 g/mol. The lowest BCUT2D eigenvalue weighted by molar-refractivity contribution is 0.432. The van der Waals surface area contributed by atoms with Gasteiger partial charge in [-0.05, 0) is 97.7 Å². The lowest BCUT2D eigenvalue weighted by atomic mass is 9.93. The molecule has 0 aliphatic heterocycles. The summed E-state index contributed by atoms with van der Waals surface area (Å²) in [6, 6.07) is 13.4. The fourth-order valence-electron chi connectivity index (χ4n) is 5.31. The first-order valence-corrected chi connectivity index (χ1v) is 13.2. The summed E-state index contributed by atoms with van der Waals surface area (Å²) >= 11 is 0. The van der Waals surface area contributed by atoms with Crippen LogP contribution in [0, 0.1) is 38.6 Å². The molecule has 0 amide bonds. The van der Waals surface area contributed by atoms with Gasteiger partial charge < -0.3 is 0 Å². The van der Waals surface area contributed by atoms with Gasteiger partial charge in [-0.2, -0.15) is 13.8 Å². The zero-order valence-electron chi connectivity index (χ0n) is 22.4. The van der Waals surface area contributed by atoms with Crippen molar-refractivity contribution in [1.82, 2.24) is 15.0 Å². The molecule has 3 aromatic heterocycles. The van der Waals surface area contributed by atoms with Crippen LogP contribution in [0.4, 0.5) is 8.78 Å². The molecule has 0 radical (unpaired) electrons. The summed E-state index contributed by atoms with van der Waals surface area (Å²) in [6.45, 7) is 10.6. The summed E-state index contributed by atoms with van der Waals surface area (Å²) in [5.74, 6) is -1.08. The summed E-state index contributed by atoms with van der Waals surface area (Å²) < 4.78 is 29.9. The van der Waals surface area contributed by atoms with Crippen molar-refractivity contribution in [1.29, 1.82) is 0 Å². The lowest BCUT2D eigenvalue weighted by Crippen LogP contribution is -2.02. The average molecular weight is 500 g/mol. The van der Waals surface area contributed by atoms with Gasteiger partial charge in [-0.3, -0.25) is 9.97 Å². The van der Waals surface area contributed by atoms with E-state index in [1.807, 2.05) is 24.3 Å². The smallest absolute Gasteiger partial charge is 0.225 e. The Balaban J connectivity index is 1.70. The van der Waals surface area contributed by atoms with Crippen molar-refractivity contribution in [2.45, 2.75) is 66.7 Å². The molecular formula is C32H35F2N3. The molecule has 0 fully saturated rings. The zero-order chi connectivity index (χ0) is 26.5. The predicted octanol–water partition coefficient (Wildman–Crippen LogP) is 8.83. The molecule has 1 atom stereocenters.